The zero-order valence-corrected chi connectivity index (χ0v) is 27.6. The van der Waals surface area contributed by atoms with Gasteiger partial charge in [-0.15, -0.1) is 0 Å². The number of anilines is 2. The minimum absolute atomic E-state index is 0.144. The van der Waals surface area contributed by atoms with Gasteiger partial charge >= 0.3 is 24.4 Å². The fraction of sp³-hybridized carbons (Fsp3) is 0.655. The van der Waals surface area contributed by atoms with E-state index >= 15 is 0 Å². The van der Waals surface area contributed by atoms with Crippen LogP contribution in [0.5, 0.6) is 0 Å². The predicted octanol–water partition coefficient (Wildman–Crippen LogP) is -0.750. The third-order valence-corrected chi connectivity index (χ3v) is 5.71. The van der Waals surface area contributed by atoms with E-state index < -0.39 is 63.0 Å². The van der Waals surface area contributed by atoms with Crippen molar-refractivity contribution in [3.8, 4) is 0 Å². The molecule has 0 aliphatic heterocycles. The molecule has 0 heterocycles. The molecule has 2 unspecified atom stereocenters. The molecule has 2 atom stereocenters. The van der Waals surface area contributed by atoms with E-state index in [2.05, 4.69) is 21.3 Å². The van der Waals surface area contributed by atoms with E-state index in [1.165, 1.54) is 6.07 Å². The van der Waals surface area contributed by atoms with Crippen molar-refractivity contribution in [3.05, 3.63) is 23.8 Å². The standard InChI is InChI=1S/C29H50N6O14/c1-21-2-3-22(34-28(40)48-20-24(17-36)49-27(39)33-7-11-45-15-13-43-9-5-31)16-25(21)35-29(41)47-19-23(37)18-46-26(38)32-6-10-44-14-12-42-8-4-30/h2-3,16,23-24,36-37H,4-15,17-20,30-31H2,1H3,(H,32,38)(H,33,39)(H,34,40)(H,35,41). The molecular weight excluding hydrogens is 656 g/mol. The Kier molecular flexibility index (Phi) is 24.5. The Morgan fingerprint density at radius 2 is 1.20 bits per heavy atom. The molecule has 20 nitrogen and oxygen atoms in total. The largest absolute Gasteiger partial charge is 0.447 e. The summed E-state index contributed by atoms with van der Waals surface area (Å²) in [6, 6.07) is 4.58. The van der Waals surface area contributed by atoms with E-state index in [9.17, 15) is 29.4 Å². The molecule has 0 aromatic heterocycles. The normalized spacial score (nSPS) is 11.9. The van der Waals surface area contributed by atoms with Crippen LogP contribution < -0.4 is 32.7 Å². The number of ether oxygens (including phenoxy) is 8. The Morgan fingerprint density at radius 1 is 0.694 bits per heavy atom. The van der Waals surface area contributed by atoms with Crippen LogP contribution in [-0.4, -0.2) is 152 Å². The molecule has 49 heavy (non-hydrogen) atoms. The molecule has 0 saturated heterocycles. The molecule has 1 rings (SSSR count). The third kappa shape index (κ3) is 23.1. The van der Waals surface area contributed by atoms with Crippen LogP contribution in [0.25, 0.3) is 0 Å². The van der Waals surface area contributed by atoms with Gasteiger partial charge in [-0.05, 0) is 24.6 Å². The SMILES string of the molecule is Cc1ccc(NC(=O)OCC(CO)OC(=O)NCCOCCOCCN)cc1NC(=O)OCC(O)COC(=O)NCCOCCOCCN. The summed E-state index contributed by atoms with van der Waals surface area (Å²) in [5.41, 5.74) is 11.7. The molecule has 0 aliphatic carbocycles. The van der Waals surface area contributed by atoms with Crippen molar-refractivity contribution in [2.24, 2.45) is 11.5 Å². The van der Waals surface area contributed by atoms with Crippen molar-refractivity contribution in [1.29, 1.82) is 0 Å². The topological polar surface area (TPSA) is 283 Å². The highest BCUT2D eigenvalue weighted by Gasteiger charge is 2.17. The van der Waals surface area contributed by atoms with E-state index in [1.54, 1.807) is 19.1 Å². The van der Waals surface area contributed by atoms with E-state index in [0.29, 0.717) is 58.3 Å². The highest BCUT2D eigenvalue weighted by molar-refractivity contribution is 5.89. The number of nitrogens with one attached hydrogen (secondary N) is 4. The number of rotatable bonds is 26. The molecule has 1 aromatic rings. The minimum atomic E-state index is -1.29. The van der Waals surface area contributed by atoms with Gasteiger partial charge in [0, 0.05) is 37.6 Å². The van der Waals surface area contributed by atoms with E-state index in [1.807, 2.05) is 0 Å². The average molecular weight is 707 g/mol. The van der Waals surface area contributed by atoms with Crippen LogP contribution in [0.2, 0.25) is 0 Å². The van der Waals surface area contributed by atoms with Gasteiger partial charge < -0.3 is 70.2 Å². The number of amides is 4. The Labute approximate surface area is 284 Å². The molecule has 280 valence electrons. The van der Waals surface area contributed by atoms with Crippen LogP contribution >= 0.6 is 0 Å². The Bertz CT molecular complexity index is 1090. The average Bonchev–Trinajstić information content (AvgIpc) is 3.08. The first-order valence-electron chi connectivity index (χ1n) is 15.5. The molecule has 4 amide bonds. The van der Waals surface area contributed by atoms with Crippen molar-refractivity contribution in [1.82, 2.24) is 10.6 Å². The lowest BCUT2D eigenvalue weighted by Crippen LogP contribution is -2.36. The second-order valence-electron chi connectivity index (χ2n) is 9.82. The Morgan fingerprint density at radius 3 is 1.78 bits per heavy atom. The minimum Gasteiger partial charge on any atom is -0.447 e. The van der Waals surface area contributed by atoms with Gasteiger partial charge in [0.15, 0.2) is 6.10 Å². The number of aryl methyl sites for hydroxylation is 1. The number of alkyl carbamates (subject to hydrolysis) is 2. The number of aliphatic hydroxyl groups excluding tert-OH is 2. The van der Waals surface area contributed by atoms with Gasteiger partial charge in [0.2, 0.25) is 0 Å². The van der Waals surface area contributed by atoms with Crippen molar-refractivity contribution < 1.29 is 67.3 Å². The van der Waals surface area contributed by atoms with Crippen LogP contribution in [0.15, 0.2) is 18.2 Å². The van der Waals surface area contributed by atoms with Gasteiger partial charge in [0.25, 0.3) is 0 Å². The van der Waals surface area contributed by atoms with E-state index in [4.69, 9.17) is 49.4 Å². The molecule has 10 N–H and O–H groups in total. The summed E-state index contributed by atoms with van der Waals surface area (Å²) in [5.74, 6) is 0. The second kappa shape index (κ2) is 27.9. The zero-order valence-electron chi connectivity index (χ0n) is 27.6. The lowest BCUT2D eigenvalue weighted by Gasteiger charge is -2.17. The summed E-state index contributed by atoms with van der Waals surface area (Å²) in [4.78, 5) is 48.2. The Hall–Kier alpha value is -4.02. The number of hydrogen-bond donors (Lipinski definition) is 8. The fourth-order valence-electron chi connectivity index (χ4n) is 3.32. The number of carbonyl (C=O) groups is 4. The van der Waals surface area contributed by atoms with Crippen molar-refractivity contribution in [2.75, 3.05) is 116 Å². The molecule has 0 radical (unpaired) electrons. The molecule has 0 aliphatic rings. The van der Waals surface area contributed by atoms with Gasteiger partial charge in [-0.3, -0.25) is 10.6 Å². The van der Waals surface area contributed by atoms with Crippen LogP contribution in [0, 0.1) is 6.92 Å². The number of carbonyl (C=O) groups excluding carboxylic acids is 4. The number of hydrogen-bond acceptors (Lipinski definition) is 16. The highest BCUT2D eigenvalue weighted by atomic mass is 16.6. The summed E-state index contributed by atoms with van der Waals surface area (Å²) < 4.78 is 40.7. The van der Waals surface area contributed by atoms with Crippen molar-refractivity contribution in [2.45, 2.75) is 19.1 Å². The fourth-order valence-corrected chi connectivity index (χ4v) is 3.32. The molecular formula is C29H50N6O14. The summed E-state index contributed by atoms with van der Waals surface area (Å²) in [6.07, 6.45) is -5.88. The first-order valence-corrected chi connectivity index (χ1v) is 15.5. The quantitative estimate of drug-likeness (QED) is 0.0434. The lowest BCUT2D eigenvalue weighted by atomic mass is 10.2. The van der Waals surface area contributed by atoms with Crippen LogP contribution in [-0.2, 0) is 37.9 Å². The maximum absolute atomic E-state index is 12.3. The molecule has 0 bridgehead atoms. The van der Waals surface area contributed by atoms with Crippen LogP contribution in [0.3, 0.4) is 0 Å². The first-order chi connectivity index (χ1) is 23.7. The van der Waals surface area contributed by atoms with Crippen LogP contribution in [0.1, 0.15) is 5.56 Å². The predicted molar refractivity (Wildman–Crippen MR) is 173 cm³/mol. The molecule has 0 spiro atoms. The van der Waals surface area contributed by atoms with Gasteiger partial charge in [-0.25, -0.2) is 19.2 Å². The molecule has 0 fully saturated rings. The first kappa shape index (κ1) is 43.0. The third-order valence-electron chi connectivity index (χ3n) is 5.71. The van der Waals surface area contributed by atoms with E-state index in [-0.39, 0.29) is 37.7 Å². The van der Waals surface area contributed by atoms with Gasteiger partial charge in [-0.1, -0.05) is 6.07 Å². The highest BCUT2D eigenvalue weighted by Crippen LogP contribution is 2.21. The van der Waals surface area contributed by atoms with Gasteiger partial charge in [0.1, 0.15) is 25.9 Å². The van der Waals surface area contributed by atoms with Crippen molar-refractivity contribution >= 4 is 35.7 Å². The maximum Gasteiger partial charge on any atom is 0.411 e. The Balaban J connectivity index is 2.32. The maximum atomic E-state index is 12.3. The molecule has 0 saturated carbocycles. The van der Waals surface area contributed by atoms with Crippen molar-refractivity contribution in [3.63, 3.8) is 0 Å². The monoisotopic (exact) mass is 706 g/mol. The zero-order chi connectivity index (χ0) is 36.1. The summed E-state index contributed by atoms with van der Waals surface area (Å²) >= 11 is 0. The molecule has 1 aromatic carbocycles. The second-order valence-corrected chi connectivity index (χ2v) is 9.82. The number of benzene rings is 1. The van der Waals surface area contributed by atoms with Crippen LogP contribution in [0.4, 0.5) is 30.6 Å². The molecule has 20 heteroatoms. The lowest BCUT2D eigenvalue weighted by molar-refractivity contribution is 0.0149. The summed E-state index contributed by atoms with van der Waals surface area (Å²) in [5, 5.41) is 29.3. The number of nitrogens with two attached hydrogens (primary N) is 2. The van der Waals surface area contributed by atoms with Gasteiger partial charge in [-0.2, -0.15) is 0 Å². The smallest absolute Gasteiger partial charge is 0.411 e. The number of aliphatic hydroxyl groups is 2. The summed E-state index contributed by atoms with van der Waals surface area (Å²) in [7, 11) is 0. The van der Waals surface area contributed by atoms with Gasteiger partial charge in [0.05, 0.1) is 59.5 Å². The summed E-state index contributed by atoms with van der Waals surface area (Å²) in [6.45, 7) is 3.64. The van der Waals surface area contributed by atoms with E-state index in [0.717, 1.165) is 0 Å².